The summed E-state index contributed by atoms with van der Waals surface area (Å²) in [4.78, 5) is 32.0. The van der Waals surface area contributed by atoms with Gasteiger partial charge in [0.15, 0.2) is 0 Å². The first kappa shape index (κ1) is 15.5. The number of hydrogen-bond donors (Lipinski definition) is 0. The summed E-state index contributed by atoms with van der Waals surface area (Å²) in [7, 11) is 1.58. The van der Waals surface area contributed by atoms with E-state index in [0.717, 1.165) is 19.5 Å². The molecule has 0 aliphatic carbocycles. The molecule has 3 rings (SSSR count). The van der Waals surface area contributed by atoms with Crippen LogP contribution in [-0.2, 0) is 11.5 Å². The molecule has 0 bridgehead atoms. The molecule has 0 spiro atoms. The predicted octanol–water partition coefficient (Wildman–Crippen LogP) is 0.445. The van der Waals surface area contributed by atoms with Gasteiger partial charge in [-0.2, -0.15) is 0 Å². The Bertz CT molecular complexity index is 779. The quantitative estimate of drug-likeness (QED) is 0.766. The van der Waals surface area contributed by atoms with Gasteiger partial charge in [0.1, 0.15) is 11.6 Å². The normalized spacial score (nSPS) is 15.8. The van der Waals surface area contributed by atoms with Gasteiger partial charge in [0.05, 0.1) is 24.7 Å². The van der Waals surface area contributed by atoms with E-state index in [4.69, 9.17) is 4.74 Å². The summed E-state index contributed by atoms with van der Waals surface area (Å²) >= 11 is 0. The highest BCUT2D eigenvalue weighted by atomic mass is 16.5. The van der Waals surface area contributed by atoms with Crippen LogP contribution < -0.4 is 10.3 Å². The number of methoxy groups -OCH3 is 1. The third-order valence-electron chi connectivity index (χ3n) is 4.25. The van der Waals surface area contributed by atoms with Crippen molar-refractivity contribution in [1.82, 2.24) is 19.4 Å². The van der Waals surface area contributed by atoms with E-state index in [0.29, 0.717) is 42.2 Å². The Morgan fingerprint density at radius 2 is 2.00 bits per heavy atom. The van der Waals surface area contributed by atoms with E-state index in [9.17, 15) is 9.59 Å². The summed E-state index contributed by atoms with van der Waals surface area (Å²) in [5, 5.41) is 0.557. The summed E-state index contributed by atoms with van der Waals surface area (Å²) in [5.41, 5.74) is 0.611. The maximum Gasteiger partial charge on any atom is 0.262 e. The lowest BCUT2D eigenvalue weighted by Crippen LogP contribution is -2.47. The Labute approximate surface area is 134 Å². The van der Waals surface area contributed by atoms with E-state index in [2.05, 4.69) is 9.88 Å². The van der Waals surface area contributed by atoms with Crippen molar-refractivity contribution in [2.45, 2.75) is 13.6 Å². The van der Waals surface area contributed by atoms with Gasteiger partial charge in [-0.15, -0.1) is 0 Å². The second kappa shape index (κ2) is 6.37. The number of nitrogens with zero attached hydrogens (tertiary/aromatic N) is 4. The maximum atomic E-state index is 12.8. The molecule has 122 valence electrons. The number of ether oxygens (including phenoxy) is 1. The fourth-order valence-corrected chi connectivity index (χ4v) is 2.81. The average molecular weight is 316 g/mol. The molecule has 7 heteroatoms. The zero-order chi connectivity index (χ0) is 16.4. The molecule has 7 nitrogen and oxygen atoms in total. The summed E-state index contributed by atoms with van der Waals surface area (Å²) in [5.74, 6) is 1.33. The predicted molar refractivity (Wildman–Crippen MR) is 86.5 cm³/mol. The first-order valence-corrected chi connectivity index (χ1v) is 7.59. The van der Waals surface area contributed by atoms with Crippen LogP contribution in [0.25, 0.3) is 10.9 Å². The molecule has 0 saturated carbocycles. The Morgan fingerprint density at radius 1 is 1.26 bits per heavy atom. The van der Waals surface area contributed by atoms with Gasteiger partial charge in [-0.05, 0) is 25.1 Å². The Balaban J connectivity index is 1.91. The molecular formula is C16H20N4O3. The van der Waals surface area contributed by atoms with Crippen molar-refractivity contribution in [3.63, 3.8) is 0 Å². The second-order valence-electron chi connectivity index (χ2n) is 5.68. The Kier molecular flexibility index (Phi) is 4.29. The number of fused-ring (bicyclic) bond motifs is 1. The largest absolute Gasteiger partial charge is 0.497 e. The van der Waals surface area contributed by atoms with E-state index in [-0.39, 0.29) is 5.56 Å². The van der Waals surface area contributed by atoms with Crippen LogP contribution in [0.1, 0.15) is 5.82 Å². The molecule has 0 atom stereocenters. The first-order valence-electron chi connectivity index (χ1n) is 7.59. The van der Waals surface area contributed by atoms with Crippen LogP contribution in [0.4, 0.5) is 0 Å². The molecule has 1 aliphatic heterocycles. The summed E-state index contributed by atoms with van der Waals surface area (Å²) in [6, 6.07) is 5.33. The van der Waals surface area contributed by atoms with Crippen molar-refractivity contribution >= 4 is 17.3 Å². The Morgan fingerprint density at radius 3 is 2.65 bits per heavy atom. The lowest BCUT2D eigenvalue weighted by Gasteiger charge is -2.33. The van der Waals surface area contributed by atoms with Crippen LogP contribution in [0.3, 0.4) is 0 Å². The molecule has 1 aromatic heterocycles. The fraction of sp³-hybridized carbons (Fsp3) is 0.438. The van der Waals surface area contributed by atoms with E-state index in [1.807, 2.05) is 6.92 Å². The maximum absolute atomic E-state index is 12.8. The molecule has 2 aromatic rings. The smallest absolute Gasteiger partial charge is 0.262 e. The molecule has 1 aliphatic rings. The van der Waals surface area contributed by atoms with Gasteiger partial charge in [0.25, 0.3) is 5.56 Å². The van der Waals surface area contributed by atoms with Crippen LogP contribution in [0.15, 0.2) is 23.0 Å². The van der Waals surface area contributed by atoms with E-state index in [1.54, 1.807) is 34.8 Å². The number of benzene rings is 1. The molecule has 1 amide bonds. The number of rotatable bonds is 4. The van der Waals surface area contributed by atoms with Gasteiger partial charge in [-0.1, -0.05) is 0 Å². The highest BCUT2D eigenvalue weighted by Crippen LogP contribution is 2.17. The molecule has 1 aromatic carbocycles. The summed E-state index contributed by atoms with van der Waals surface area (Å²) in [6.45, 7) is 5.20. The zero-order valence-electron chi connectivity index (χ0n) is 13.4. The molecule has 2 heterocycles. The lowest BCUT2D eigenvalue weighted by molar-refractivity contribution is -0.119. The monoisotopic (exact) mass is 316 g/mol. The standard InChI is InChI=1S/C16H20N4O3/c1-12-17-15-4-3-13(23-2)9-14(15)16(22)20(12)10-18-5-7-19(11-21)8-6-18/h3-4,9,11H,5-8,10H2,1-2H3. The minimum Gasteiger partial charge on any atom is -0.497 e. The van der Waals surface area contributed by atoms with E-state index >= 15 is 0 Å². The van der Waals surface area contributed by atoms with Gasteiger partial charge in [-0.25, -0.2) is 4.98 Å². The van der Waals surface area contributed by atoms with Gasteiger partial charge in [0, 0.05) is 26.2 Å². The van der Waals surface area contributed by atoms with Crippen molar-refractivity contribution in [1.29, 1.82) is 0 Å². The van der Waals surface area contributed by atoms with Crippen LogP contribution >= 0.6 is 0 Å². The number of carbonyl (C=O) groups excluding carboxylic acids is 1. The summed E-state index contributed by atoms with van der Waals surface area (Å²) in [6.07, 6.45) is 0.874. The fourth-order valence-electron chi connectivity index (χ4n) is 2.81. The molecule has 1 fully saturated rings. The van der Waals surface area contributed by atoms with Crippen LogP contribution in [0, 0.1) is 6.92 Å². The van der Waals surface area contributed by atoms with Gasteiger partial charge >= 0.3 is 0 Å². The SMILES string of the molecule is COc1ccc2nc(C)n(CN3CCN(C=O)CC3)c(=O)c2c1. The van der Waals surface area contributed by atoms with Crippen molar-refractivity contribution in [2.24, 2.45) is 0 Å². The summed E-state index contributed by atoms with van der Waals surface area (Å²) < 4.78 is 6.88. The van der Waals surface area contributed by atoms with Crippen LogP contribution in [0.2, 0.25) is 0 Å². The molecule has 1 saturated heterocycles. The van der Waals surface area contributed by atoms with Crippen molar-refractivity contribution in [3.05, 3.63) is 34.4 Å². The number of carbonyl (C=O) groups is 1. The average Bonchev–Trinajstić information content (AvgIpc) is 2.59. The van der Waals surface area contributed by atoms with E-state index < -0.39 is 0 Å². The molecule has 0 N–H and O–H groups in total. The number of piperazine rings is 1. The highest BCUT2D eigenvalue weighted by molar-refractivity contribution is 5.79. The topological polar surface area (TPSA) is 67.7 Å². The van der Waals surface area contributed by atoms with Gasteiger partial charge in [0.2, 0.25) is 6.41 Å². The third kappa shape index (κ3) is 3.05. The van der Waals surface area contributed by atoms with E-state index in [1.165, 1.54) is 0 Å². The van der Waals surface area contributed by atoms with Crippen molar-refractivity contribution in [2.75, 3.05) is 33.3 Å². The van der Waals surface area contributed by atoms with Crippen LogP contribution in [-0.4, -0.2) is 59.0 Å². The zero-order valence-corrected chi connectivity index (χ0v) is 13.4. The van der Waals surface area contributed by atoms with Gasteiger partial charge in [-0.3, -0.25) is 19.1 Å². The second-order valence-corrected chi connectivity index (χ2v) is 5.68. The number of amides is 1. The number of aryl methyl sites for hydroxylation is 1. The lowest BCUT2D eigenvalue weighted by atomic mass is 10.2. The number of hydrogen-bond acceptors (Lipinski definition) is 5. The minimum atomic E-state index is -0.0655. The molecular weight excluding hydrogens is 296 g/mol. The van der Waals surface area contributed by atoms with Crippen LogP contribution in [0.5, 0.6) is 5.75 Å². The third-order valence-corrected chi connectivity index (χ3v) is 4.25. The Hall–Kier alpha value is -2.41. The highest BCUT2D eigenvalue weighted by Gasteiger charge is 2.17. The van der Waals surface area contributed by atoms with Gasteiger partial charge < -0.3 is 9.64 Å². The van der Waals surface area contributed by atoms with Crippen molar-refractivity contribution in [3.8, 4) is 5.75 Å². The van der Waals surface area contributed by atoms with Crippen molar-refractivity contribution < 1.29 is 9.53 Å². The minimum absolute atomic E-state index is 0.0655. The first-order chi connectivity index (χ1) is 11.1. The molecule has 0 unspecified atom stereocenters. The number of aromatic nitrogens is 2. The molecule has 0 radical (unpaired) electrons. The molecule has 23 heavy (non-hydrogen) atoms.